The molecular formula is C46H88O4. The number of aliphatic carboxylic acids is 2. The first-order valence-electron chi connectivity index (χ1n) is 22.3. The van der Waals surface area contributed by atoms with Crippen molar-refractivity contribution in [3.05, 3.63) is 24.3 Å². The smallest absolute Gasteiger partial charge is 0.328 e. The summed E-state index contributed by atoms with van der Waals surface area (Å²) < 4.78 is 0. The van der Waals surface area contributed by atoms with Crippen molar-refractivity contribution in [2.45, 2.75) is 258 Å². The summed E-state index contributed by atoms with van der Waals surface area (Å²) in [6.45, 7) is 4.56. The highest BCUT2D eigenvalue weighted by Gasteiger charge is 1.98. The van der Waals surface area contributed by atoms with E-state index in [0.717, 1.165) is 19.3 Å². The average Bonchev–Trinajstić information content (AvgIpc) is 3.10. The van der Waals surface area contributed by atoms with Crippen LogP contribution in [0.5, 0.6) is 0 Å². The van der Waals surface area contributed by atoms with Crippen LogP contribution in [-0.4, -0.2) is 22.2 Å². The third kappa shape index (κ3) is 53.2. The molecule has 4 nitrogen and oxygen atoms in total. The van der Waals surface area contributed by atoms with Gasteiger partial charge in [-0.1, -0.05) is 250 Å². The summed E-state index contributed by atoms with van der Waals surface area (Å²) in [4.78, 5) is 20.7. The lowest BCUT2D eigenvalue weighted by atomic mass is 10.0. The number of rotatable bonds is 40. The normalized spacial score (nSPS) is 11.4. The second kappa shape index (κ2) is 47.4. The molecule has 0 aliphatic rings. The number of carbonyl (C=O) groups is 2. The molecule has 0 saturated carbocycles. The number of carboxylic acid groups (broad SMARTS) is 2. The van der Waals surface area contributed by atoms with Crippen LogP contribution in [0.3, 0.4) is 0 Å². The van der Waals surface area contributed by atoms with Gasteiger partial charge in [-0.2, -0.15) is 0 Å². The van der Waals surface area contributed by atoms with Crippen molar-refractivity contribution < 1.29 is 19.8 Å². The minimum Gasteiger partial charge on any atom is -0.481 e. The first-order chi connectivity index (χ1) is 24.5. The Balaban J connectivity index is 0. The highest BCUT2D eigenvalue weighted by molar-refractivity contribution is 5.80. The molecule has 0 spiro atoms. The first kappa shape index (κ1) is 50.5. The molecule has 0 heterocycles. The third-order valence-electron chi connectivity index (χ3n) is 9.95. The molecule has 0 aromatic carbocycles. The summed E-state index contributed by atoms with van der Waals surface area (Å²) in [7, 11) is 0. The van der Waals surface area contributed by atoms with Crippen molar-refractivity contribution in [2.24, 2.45) is 0 Å². The highest BCUT2D eigenvalue weighted by Crippen LogP contribution is 2.16. The van der Waals surface area contributed by atoms with Crippen molar-refractivity contribution >= 4 is 11.9 Å². The van der Waals surface area contributed by atoms with Crippen LogP contribution in [0, 0.1) is 0 Å². The van der Waals surface area contributed by atoms with Gasteiger partial charge in [-0.15, -0.1) is 0 Å². The topological polar surface area (TPSA) is 74.6 Å². The maximum Gasteiger partial charge on any atom is 0.328 e. The fraction of sp³-hybridized carbons (Fsp3) is 0.870. The van der Waals surface area contributed by atoms with Crippen LogP contribution < -0.4 is 0 Å². The van der Waals surface area contributed by atoms with Crippen molar-refractivity contribution in [3.63, 3.8) is 0 Å². The van der Waals surface area contributed by atoms with Crippen LogP contribution in [-0.2, 0) is 9.59 Å². The molecule has 50 heavy (non-hydrogen) atoms. The average molecular weight is 705 g/mol. The van der Waals surface area contributed by atoms with Crippen LogP contribution in [0.15, 0.2) is 24.3 Å². The Hall–Kier alpha value is -1.58. The number of unbranched alkanes of at least 4 members (excludes halogenated alkanes) is 35. The summed E-state index contributed by atoms with van der Waals surface area (Å²) in [6.07, 6.45) is 57.6. The minimum absolute atomic E-state index is 0.346. The van der Waals surface area contributed by atoms with Crippen LogP contribution in [0.2, 0.25) is 0 Å². The third-order valence-corrected chi connectivity index (χ3v) is 9.95. The van der Waals surface area contributed by atoms with Gasteiger partial charge in [-0.3, -0.25) is 4.79 Å². The quantitative estimate of drug-likeness (QED) is 0.0378. The van der Waals surface area contributed by atoms with E-state index in [1.54, 1.807) is 6.08 Å². The van der Waals surface area contributed by atoms with Gasteiger partial charge in [0, 0.05) is 12.5 Å². The maximum absolute atomic E-state index is 10.4. The van der Waals surface area contributed by atoms with Gasteiger partial charge >= 0.3 is 11.9 Å². The Morgan fingerprint density at radius 1 is 0.360 bits per heavy atom. The van der Waals surface area contributed by atoms with E-state index in [-0.39, 0.29) is 0 Å². The lowest BCUT2D eigenvalue weighted by molar-refractivity contribution is -0.137. The largest absolute Gasteiger partial charge is 0.481 e. The van der Waals surface area contributed by atoms with Gasteiger partial charge in [0.2, 0.25) is 0 Å². The Bertz CT molecular complexity index is 713. The molecule has 2 N–H and O–H groups in total. The molecule has 0 amide bonds. The van der Waals surface area contributed by atoms with Gasteiger partial charge in [0.25, 0.3) is 0 Å². The SMILES string of the molecule is CCCCCCCCCCCCCCCCCC=CC=CC(=O)O.CCCCCCCCCCCCCCCCCCCCCCCC(=O)O. The van der Waals surface area contributed by atoms with E-state index < -0.39 is 11.9 Å². The predicted molar refractivity (Wildman–Crippen MR) is 220 cm³/mol. The molecule has 0 aromatic heterocycles. The molecule has 0 aromatic rings. The van der Waals surface area contributed by atoms with Gasteiger partial charge < -0.3 is 10.2 Å². The van der Waals surface area contributed by atoms with Gasteiger partial charge in [-0.05, 0) is 19.3 Å². The van der Waals surface area contributed by atoms with E-state index in [9.17, 15) is 9.59 Å². The summed E-state index contributed by atoms with van der Waals surface area (Å²) in [5, 5.41) is 17.0. The van der Waals surface area contributed by atoms with Gasteiger partial charge in [0.1, 0.15) is 0 Å². The lowest BCUT2D eigenvalue weighted by Gasteiger charge is -2.04. The molecule has 0 atom stereocenters. The zero-order valence-corrected chi connectivity index (χ0v) is 33.9. The van der Waals surface area contributed by atoms with Gasteiger partial charge in [0.15, 0.2) is 0 Å². The van der Waals surface area contributed by atoms with E-state index in [1.807, 2.05) is 6.08 Å². The monoisotopic (exact) mass is 705 g/mol. The lowest BCUT2D eigenvalue weighted by Crippen LogP contribution is -1.93. The predicted octanol–water partition coefficient (Wildman–Crippen LogP) is 16.1. The van der Waals surface area contributed by atoms with Gasteiger partial charge in [0.05, 0.1) is 0 Å². The molecule has 4 heteroatoms. The molecular weight excluding hydrogens is 617 g/mol. The molecule has 0 fully saturated rings. The summed E-state index contributed by atoms with van der Waals surface area (Å²) in [5.41, 5.74) is 0. The van der Waals surface area contributed by atoms with Crippen LogP contribution in [0.1, 0.15) is 258 Å². The first-order valence-corrected chi connectivity index (χ1v) is 22.3. The fourth-order valence-electron chi connectivity index (χ4n) is 6.65. The fourth-order valence-corrected chi connectivity index (χ4v) is 6.65. The number of carboxylic acids is 2. The Labute approximate surface area is 313 Å². The van der Waals surface area contributed by atoms with E-state index in [0.29, 0.717) is 6.42 Å². The zero-order valence-electron chi connectivity index (χ0n) is 33.9. The number of hydrogen-bond donors (Lipinski definition) is 2. The standard InChI is InChI=1S/C24H48O2.C22H40O2/c1-2-3-4-5-6-7-8-9-10-11-12-13-14-15-16-17-18-19-20-21-22-23-24(25)26;1-2-3-4-5-6-7-8-9-10-11-12-13-14-15-16-17-18-19-20-21-22(23)24/h2-23H2,1H3,(H,25,26);18-21H,2-17H2,1H3,(H,23,24). The second-order valence-electron chi connectivity index (χ2n) is 15.1. The van der Waals surface area contributed by atoms with Crippen molar-refractivity contribution in [3.8, 4) is 0 Å². The van der Waals surface area contributed by atoms with Crippen LogP contribution in [0.25, 0.3) is 0 Å². The second-order valence-corrected chi connectivity index (χ2v) is 15.1. The molecule has 0 unspecified atom stereocenters. The number of allylic oxidation sites excluding steroid dienone is 3. The van der Waals surface area contributed by atoms with Gasteiger partial charge in [-0.25, -0.2) is 4.79 Å². The van der Waals surface area contributed by atoms with Crippen molar-refractivity contribution in [2.75, 3.05) is 0 Å². The zero-order chi connectivity index (χ0) is 36.9. The van der Waals surface area contributed by atoms with Crippen LogP contribution >= 0.6 is 0 Å². The molecule has 0 saturated heterocycles. The van der Waals surface area contributed by atoms with E-state index in [4.69, 9.17) is 10.2 Å². The maximum atomic E-state index is 10.4. The molecule has 0 radical (unpaired) electrons. The minimum atomic E-state index is -0.883. The van der Waals surface area contributed by atoms with E-state index >= 15 is 0 Å². The molecule has 0 aliphatic carbocycles. The van der Waals surface area contributed by atoms with Crippen molar-refractivity contribution in [1.82, 2.24) is 0 Å². The molecule has 0 bridgehead atoms. The Morgan fingerprint density at radius 2 is 0.620 bits per heavy atom. The van der Waals surface area contributed by atoms with Crippen LogP contribution in [0.4, 0.5) is 0 Å². The summed E-state index contributed by atoms with van der Waals surface area (Å²) in [5.74, 6) is -1.53. The number of hydrogen-bond acceptors (Lipinski definition) is 2. The Morgan fingerprint density at radius 3 is 0.880 bits per heavy atom. The summed E-state index contributed by atoms with van der Waals surface area (Å²) in [6, 6.07) is 0. The van der Waals surface area contributed by atoms with Crippen molar-refractivity contribution in [1.29, 1.82) is 0 Å². The van der Waals surface area contributed by atoms with E-state index in [2.05, 4.69) is 19.9 Å². The molecule has 0 rings (SSSR count). The molecule has 296 valence electrons. The summed E-state index contributed by atoms with van der Waals surface area (Å²) >= 11 is 0. The van der Waals surface area contributed by atoms with E-state index in [1.165, 1.54) is 224 Å². The highest BCUT2D eigenvalue weighted by atomic mass is 16.4. The molecule has 0 aliphatic heterocycles. The Kier molecular flexibility index (Phi) is 47.9.